The van der Waals surface area contributed by atoms with Crippen LogP contribution in [0.25, 0.3) is 0 Å². The van der Waals surface area contributed by atoms with E-state index in [0.717, 1.165) is 0 Å². The van der Waals surface area contributed by atoms with Gasteiger partial charge in [-0.2, -0.15) is 8.62 Å². The van der Waals surface area contributed by atoms with E-state index in [1.165, 1.54) is 0 Å². The Kier molecular flexibility index (Phi) is 6.79. The number of hydrogen-bond acceptors (Lipinski definition) is 8. The molecule has 110 valence electrons. The van der Waals surface area contributed by atoms with Crippen LogP contribution in [0.5, 0.6) is 0 Å². The second-order valence-corrected chi connectivity index (χ2v) is 7.14. The maximum absolute atomic E-state index is 11.0. The number of aliphatic hydroxyl groups excluding tert-OH is 2. The highest BCUT2D eigenvalue weighted by Gasteiger charge is 2.40. The molecule has 0 radical (unpaired) electrons. The van der Waals surface area contributed by atoms with Gasteiger partial charge in [0.05, 0.1) is 13.2 Å². The van der Waals surface area contributed by atoms with Crippen molar-refractivity contribution in [3.05, 3.63) is 0 Å². The van der Waals surface area contributed by atoms with Crippen molar-refractivity contribution in [1.29, 1.82) is 0 Å². The fourth-order valence-corrected chi connectivity index (χ4v) is 3.59. The van der Waals surface area contributed by atoms with Gasteiger partial charge < -0.3 is 29.8 Å². The van der Waals surface area contributed by atoms with E-state index in [1.54, 1.807) is 0 Å². The fourth-order valence-electron chi connectivity index (χ4n) is 0.536. The predicted molar refractivity (Wildman–Crippen MR) is 52.9 cm³/mol. The van der Waals surface area contributed by atoms with Crippen molar-refractivity contribution in [2.24, 2.45) is 0 Å². The Morgan fingerprint density at radius 2 is 1.44 bits per heavy atom. The number of hydrogen-bond donors (Lipinski definition) is 6. The molecule has 0 aliphatic heterocycles. The first kappa shape index (κ1) is 18.3. The minimum Gasteiger partial charge on any atom is -0.394 e. The monoisotopic (exact) mass is 332 g/mol. The van der Waals surface area contributed by atoms with Gasteiger partial charge in [-0.05, 0) is 0 Å². The second-order valence-electron chi connectivity index (χ2n) is 2.72. The zero-order chi connectivity index (χ0) is 14.6. The van der Waals surface area contributed by atoms with Gasteiger partial charge in [-0.25, -0.2) is 13.7 Å². The Bertz CT molecular complexity index is 397. The maximum atomic E-state index is 11.0. The van der Waals surface area contributed by atoms with Crippen LogP contribution in [0.1, 0.15) is 0 Å². The van der Waals surface area contributed by atoms with Gasteiger partial charge in [0.2, 0.25) is 0 Å². The van der Waals surface area contributed by atoms with Crippen LogP contribution in [0.15, 0.2) is 0 Å². The summed E-state index contributed by atoms with van der Waals surface area (Å²) in [5.74, 6) is 0. The highest BCUT2D eigenvalue weighted by atomic mass is 31.3. The van der Waals surface area contributed by atoms with E-state index >= 15 is 0 Å². The lowest BCUT2D eigenvalue weighted by Crippen LogP contribution is -2.18. The largest absolute Gasteiger partial charge is 0.490 e. The molecule has 6 N–H and O–H groups in total. The normalized spacial score (nSPS) is 21.0. The van der Waals surface area contributed by atoms with Crippen LogP contribution < -0.4 is 0 Å². The van der Waals surface area contributed by atoms with Crippen LogP contribution in [0.2, 0.25) is 0 Å². The maximum Gasteiger partial charge on any atom is 0.490 e. The summed E-state index contributed by atoms with van der Waals surface area (Å²) in [6, 6.07) is 0. The van der Waals surface area contributed by atoms with Crippen LogP contribution in [-0.4, -0.2) is 49.1 Å². The summed E-state index contributed by atoms with van der Waals surface area (Å²) in [5.41, 5.74) is 0. The Balaban J connectivity index is 4.52. The third-order valence-electron chi connectivity index (χ3n) is 1.06. The molecule has 0 heterocycles. The number of phosphoric ester groups is 1. The lowest BCUT2D eigenvalue weighted by atomic mass is 10.4. The van der Waals surface area contributed by atoms with E-state index in [-0.39, 0.29) is 0 Å². The molecule has 0 fully saturated rings. The zero-order valence-electron chi connectivity index (χ0n) is 8.47. The van der Waals surface area contributed by atoms with Crippen molar-refractivity contribution in [2.75, 3.05) is 13.2 Å². The third kappa shape index (κ3) is 9.29. The van der Waals surface area contributed by atoms with Crippen LogP contribution in [0, 0.1) is 0 Å². The fraction of sp³-hybridized carbons (Fsp3) is 1.00. The molecule has 0 aromatic rings. The van der Waals surface area contributed by atoms with Crippen molar-refractivity contribution >= 4 is 23.5 Å². The van der Waals surface area contributed by atoms with E-state index in [0.29, 0.717) is 0 Å². The third-order valence-corrected chi connectivity index (χ3v) is 4.86. The molecule has 0 spiro atoms. The molecule has 0 amide bonds. The van der Waals surface area contributed by atoms with E-state index in [4.69, 9.17) is 29.8 Å². The molecule has 0 saturated heterocycles. The van der Waals surface area contributed by atoms with Gasteiger partial charge >= 0.3 is 23.5 Å². The van der Waals surface area contributed by atoms with Crippen LogP contribution in [0.4, 0.5) is 0 Å². The van der Waals surface area contributed by atoms with E-state index in [1.807, 2.05) is 0 Å². The number of phosphoric acid groups is 3. The summed E-state index contributed by atoms with van der Waals surface area (Å²) in [4.78, 5) is 33.9. The summed E-state index contributed by atoms with van der Waals surface area (Å²) in [6.45, 7) is -1.75. The standard InChI is InChI=1S/C3H11O12P3/c4-1-3(5)2-13-17(9,10)15-18(11,12)14-16(6,7)8/h3-5H,1-2H2,(H,9,10)(H,11,12)(H2,6,7,8)/t3-/m0/s1. The van der Waals surface area contributed by atoms with Crippen LogP contribution >= 0.6 is 23.5 Å². The predicted octanol–water partition coefficient (Wildman–Crippen LogP) is -1.32. The first-order valence-electron chi connectivity index (χ1n) is 3.94. The average molecular weight is 332 g/mol. The highest BCUT2D eigenvalue weighted by Crippen LogP contribution is 2.66. The second kappa shape index (κ2) is 6.67. The number of aliphatic hydroxyl groups is 2. The summed E-state index contributed by atoms with van der Waals surface area (Å²) in [6.07, 6.45) is -1.56. The van der Waals surface area contributed by atoms with Crippen molar-refractivity contribution in [3.63, 3.8) is 0 Å². The Labute approximate surface area is 100 Å². The molecule has 15 heteroatoms. The molecule has 12 nitrogen and oxygen atoms in total. The molecule has 0 bridgehead atoms. The van der Waals surface area contributed by atoms with Crippen LogP contribution in [-0.2, 0) is 26.8 Å². The Morgan fingerprint density at radius 3 is 1.83 bits per heavy atom. The van der Waals surface area contributed by atoms with E-state index in [2.05, 4.69) is 13.1 Å². The summed E-state index contributed by atoms with van der Waals surface area (Å²) in [5, 5.41) is 17.1. The average Bonchev–Trinajstić information content (AvgIpc) is 2.08. The Morgan fingerprint density at radius 1 is 0.944 bits per heavy atom. The van der Waals surface area contributed by atoms with Crippen molar-refractivity contribution in [3.8, 4) is 0 Å². The van der Waals surface area contributed by atoms with Gasteiger partial charge in [-0.15, -0.1) is 0 Å². The van der Waals surface area contributed by atoms with Gasteiger partial charge in [-0.3, -0.25) is 4.52 Å². The molecule has 0 aromatic carbocycles. The molecule has 0 rings (SSSR count). The SMILES string of the molecule is O=P(O)(O)OP(=O)(O)OP(=O)(O)OC[C@@H](O)CO. The van der Waals surface area contributed by atoms with Gasteiger partial charge in [-0.1, -0.05) is 0 Å². The highest BCUT2D eigenvalue weighted by molar-refractivity contribution is 7.66. The first-order valence-corrected chi connectivity index (χ1v) is 8.46. The van der Waals surface area contributed by atoms with E-state index < -0.39 is 42.8 Å². The molecule has 2 unspecified atom stereocenters. The van der Waals surface area contributed by atoms with Crippen molar-refractivity contribution in [2.45, 2.75) is 6.10 Å². The molecule has 0 aliphatic carbocycles. The van der Waals surface area contributed by atoms with E-state index in [9.17, 15) is 13.7 Å². The Hall–Kier alpha value is 0.330. The summed E-state index contributed by atoms with van der Waals surface area (Å²) in [7, 11) is -16.2. The van der Waals surface area contributed by atoms with Crippen molar-refractivity contribution < 1.29 is 56.6 Å². The summed E-state index contributed by atoms with van der Waals surface area (Å²) >= 11 is 0. The molecule has 0 saturated carbocycles. The van der Waals surface area contributed by atoms with Gasteiger partial charge in [0.1, 0.15) is 6.10 Å². The number of rotatable bonds is 8. The van der Waals surface area contributed by atoms with Gasteiger partial charge in [0.15, 0.2) is 0 Å². The molecule has 0 aromatic heterocycles. The lowest BCUT2D eigenvalue weighted by molar-refractivity contribution is 0.0416. The van der Waals surface area contributed by atoms with Crippen LogP contribution in [0.3, 0.4) is 0 Å². The van der Waals surface area contributed by atoms with Gasteiger partial charge in [0, 0.05) is 0 Å². The minimum atomic E-state index is -5.55. The molecule has 18 heavy (non-hydrogen) atoms. The molecule has 3 atom stereocenters. The smallest absolute Gasteiger partial charge is 0.394 e. The van der Waals surface area contributed by atoms with Gasteiger partial charge in [0.25, 0.3) is 0 Å². The minimum absolute atomic E-state index is 0.824. The van der Waals surface area contributed by atoms with Crippen molar-refractivity contribution in [1.82, 2.24) is 0 Å². The molecule has 0 aliphatic rings. The zero-order valence-corrected chi connectivity index (χ0v) is 11.1. The first-order chi connectivity index (χ1) is 7.87. The molecular weight excluding hydrogens is 321 g/mol. The summed E-state index contributed by atoms with van der Waals surface area (Å²) < 4.78 is 42.7. The quantitative estimate of drug-likeness (QED) is 0.287. The molecular formula is C3H11O12P3. The lowest BCUT2D eigenvalue weighted by Gasteiger charge is -2.16. The topological polar surface area (TPSA) is 200 Å².